The third-order valence-corrected chi connectivity index (χ3v) is 17.8. The van der Waals surface area contributed by atoms with E-state index in [1.54, 1.807) is 61.0 Å². The molecule has 2 aromatic carbocycles. The molecular weight excluding hydrogens is 1450 g/mol. The van der Waals surface area contributed by atoms with Gasteiger partial charge in [0, 0.05) is 116 Å². The summed E-state index contributed by atoms with van der Waals surface area (Å²) < 4.78 is 125. The number of alkyl halides is 3. The summed E-state index contributed by atoms with van der Waals surface area (Å²) >= 11 is 0. The molecule has 3 atom stereocenters. The number of anilines is 1. The second-order valence-corrected chi connectivity index (χ2v) is 27.7. The first kappa shape index (κ1) is 88.4. The normalized spacial score (nSPS) is 15.1. The minimum atomic E-state index is -5.08. The summed E-state index contributed by atoms with van der Waals surface area (Å²) in [5.41, 5.74) is 1.28. The molecule has 1 fully saturated rings. The fourth-order valence-corrected chi connectivity index (χ4v) is 12.8. The fraction of sp³-hybridized carbons (Fsp3) is 0.517. The van der Waals surface area contributed by atoms with Crippen LogP contribution in [0.3, 0.4) is 0 Å². The Labute approximate surface area is 590 Å². The highest BCUT2D eigenvalue weighted by molar-refractivity contribution is 8.19. The Balaban J connectivity index is 0.000000489. The molecule has 39 nitrogen and oxygen atoms in total. The van der Waals surface area contributed by atoms with Crippen LogP contribution in [0.1, 0.15) is 53.7 Å². The van der Waals surface area contributed by atoms with E-state index < -0.39 is 153 Å². The standard InChI is InChI=1S/C32H39N7O8S.C24H47N7O15S2.C2HF3O2/c1-5-33-27(40)7-6-12-47-22-13-19(2)29(20(3)14-22)48(45,46)38-25(31(43)44)17-36-30(42)24-18-39(4)26-15-21(8-9-23(26)28(24)41)16-37-32-34-10-11-35-32;1-2-25-23(39)17(15-47(41,42)43)27-24(40)18(16-48(44,45)46)26-19(32)11-28-3-5-29(12-20(33)34)7-9-31(14-22(37)38)10-8-30(6-4-28)13-21(35)36;3-2(4,5)1(6)7/h8-11,13-15,18,25,38H,5-7,12,16-17H2,1-4H3,(H,33,40)(H,36,42)(H,43,44)(H2,34,35,37);17-18,41-46H,2-16H2,1H3,(H,25,39)(H,26,32)(H,27,40)(H,33,34)(H,35,36)(H,37,38);(H,6,7)/t25-;;/m0../s1. The van der Waals surface area contributed by atoms with Crippen molar-refractivity contribution in [2.45, 2.75) is 76.3 Å². The number of carbonyl (C=O) groups excluding carboxylic acids is 5. The Bertz CT molecular complexity index is 3700. The van der Waals surface area contributed by atoms with Crippen molar-refractivity contribution in [1.82, 2.24) is 65.4 Å². The molecule has 0 bridgehead atoms. The SMILES string of the molecule is CCNC(=O)C(CS(O)(O)O)NC(=O)C(CS(O)(O)O)NC(=O)CN1CCN(CC(=O)O)CCN(CC(=O)O)CCN(CC(=O)O)CC1.CCNC(=O)CCCOc1cc(C)c(S(=O)(=O)N[C@@H](CNC(=O)c2cn(C)c3cc(CNc4ncc[nH]4)ccc3c2=O)C(=O)O)c(C)c1.O=C(O)C(F)(F)F. The Hall–Kier alpha value is -8.84. The van der Waals surface area contributed by atoms with Crippen molar-refractivity contribution in [3.63, 3.8) is 0 Å². The Morgan fingerprint density at radius 2 is 1.15 bits per heavy atom. The number of rotatable bonds is 33. The summed E-state index contributed by atoms with van der Waals surface area (Å²) in [4.78, 5) is 145. The predicted octanol–water partition coefficient (Wildman–Crippen LogP) is -0.405. The molecule has 578 valence electrons. The molecule has 2 aromatic heterocycles. The van der Waals surface area contributed by atoms with Gasteiger partial charge in [-0.3, -0.25) is 67.5 Å². The number of aromatic nitrogens is 3. The van der Waals surface area contributed by atoms with E-state index in [0.29, 0.717) is 47.9 Å². The number of ether oxygens (including phenoxy) is 1. The topological polar surface area (TPSA) is 584 Å². The van der Waals surface area contributed by atoms with Gasteiger partial charge in [-0.05, 0) is 75.1 Å². The number of nitrogens with one attached hydrogen (secondary N) is 8. The average molecular weight is 1530 g/mol. The predicted molar refractivity (Wildman–Crippen MR) is 364 cm³/mol. The summed E-state index contributed by atoms with van der Waals surface area (Å²) in [6.45, 7) is 6.20. The third-order valence-electron chi connectivity index (χ3n) is 14.4. The van der Waals surface area contributed by atoms with Crippen LogP contribution < -0.4 is 46.8 Å². The molecule has 4 aromatic rings. The minimum absolute atomic E-state index is 0.0419. The number of aryl methyl sites for hydroxylation is 3. The molecule has 5 rings (SSSR count). The molecule has 0 saturated carbocycles. The number of nitrogens with zero attached hydrogens (tertiary/aromatic N) is 6. The van der Waals surface area contributed by atoms with Gasteiger partial charge >= 0.3 is 36.0 Å². The Morgan fingerprint density at radius 3 is 1.58 bits per heavy atom. The van der Waals surface area contributed by atoms with E-state index in [1.165, 1.54) is 40.0 Å². The number of imidazole rings is 1. The van der Waals surface area contributed by atoms with Gasteiger partial charge in [-0.2, -0.15) is 17.9 Å². The van der Waals surface area contributed by atoms with Gasteiger partial charge in [-0.25, -0.2) is 18.2 Å². The van der Waals surface area contributed by atoms with Gasteiger partial charge in [0.2, 0.25) is 39.1 Å². The number of pyridine rings is 1. The highest BCUT2D eigenvalue weighted by Crippen LogP contribution is 2.35. The average Bonchev–Trinajstić information content (AvgIpc) is 0.905. The number of hydrogen-bond acceptors (Lipinski definition) is 26. The van der Waals surface area contributed by atoms with E-state index in [4.69, 9.17) is 14.6 Å². The molecule has 45 heteroatoms. The van der Waals surface area contributed by atoms with Gasteiger partial charge in [0.15, 0.2) is 5.95 Å². The van der Waals surface area contributed by atoms with Crippen LogP contribution in [-0.2, 0) is 66.8 Å². The lowest BCUT2D eigenvalue weighted by Crippen LogP contribution is -2.57. The summed E-state index contributed by atoms with van der Waals surface area (Å²) in [7, 11) is -11.4. The second kappa shape index (κ2) is 41.5. The van der Waals surface area contributed by atoms with Crippen molar-refractivity contribution in [2.75, 3.05) is 122 Å². The number of carboxylic acid groups (broad SMARTS) is 5. The number of halogens is 3. The van der Waals surface area contributed by atoms with Gasteiger partial charge in [-0.15, -0.1) is 0 Å². The van der Waals surface area contributed by atoms with E-state index >= 15 is 0 Å². The zero-order chi connectivity index (χ0) is 77.7. The molecule has 0 radical (unpaired) electrons. The molecule has 2 unspecified atom stereocenters. The maximum atomic E-state index is 13.4. The minimum Gasteiger partial charge on any atom is -0.494 e. The lowest BCUT2D eigenvalue weighted by atomic mass is 10.1. The summed E-state index contributed by atoms with van der Waals surface area (Å²) in [6.07, 6.45) is 0.322. The smallest absolute Gasteiger partial charge is 0.490 e. The van der Waals surface area contributed by atoms with Crippen LogP contribution in [0.2, 0.25) is 0 Å². The number of H-pyrrole nitrogens is 1. The van der Waals surface area contributed by atoms with E-state index in [2.05, 4.69) is 46.6 Å². The van der Waals surface area contributed by atoms with Crippen LogP contribution >= 0.6 is 21.7 Å². The zero-order valence-corrected chi connectivity index (χ0v) is 58.8. The van der Waals surface area contributed by atoms with E-state index in [1.807, 2.05) is 6.92 Å². The molecule has 1 aliphatic rings. The van der Waals surface area contributed by atoms with Crippen LogP contribution in [0.5, 0.6) is 5.75 Å². The van der Waals surface area contributed by atoms with Crippen molar-refractivity contribution in [3.05, 3.63) is 81.4 Å². The highest BCUT2D eigenvalue weighted by Gasteiger charge is 2.39. The number of sulfonamides is 1. The van der Waals surface area contributed by atoms with Crippen LogP contribution in [0.15, 0.2) is 58.6 Å². The monoisotopic (exact) mass is 1530 g/mol. The summed E-state index contributed by atoms with van der Waals surface area (Å²) in [6, 6.07) is 2.82. The lowest BCUT2D eigenvalue weighted by Gasteiger charge is -2.33. The first-order valence-corrected chi connectivity index (χ1v) is 35.8. The molecule has 103 heavy (non-hydrogen) atoms. The molecule has 19 N–H and O–H groups in total. The fourth-order valence-electron chi connectivity index (χ4n) is 9.80. The molecule has 3 heterocycles. The van der Waals surface area contributed by atoms with Crippen molar-refractivity contribution < 1.29 is 127 Å². The van der Waals surface area contributed by atoms with Crippen molar-refractivity contribution in [3.8, 4) is 5.75 Å². The number of likely N-dealkylation sites (N-methyl/N-ethyl adjacent to an activating group) is 1. The van der Waals surface area contributed by atoms with Gasteiger partial charge < -0.3 is 99.0 Å². The maximum absolute atomic E-state index is 13.4. The Morgan fingerprint density at radius 1 is 0.660 bits per heavy atom. The summed E-state index contributed by atoms with van der Waals surface area (Å²) in [5, 5.41) is 60.1. The van der Waals surface area contributed by atoms with Gasteiger partial charge in [0.25, 0.3) is 5.91 Å². The lowest BCUT2D eigenvalue weighted by molar-refractivity contribution is -0.192. The number of carbonyl (C=O) groups is 10. The van der Waals surface area contributed by atoms with Crippen LogP contribution in [0, 0.1) is 13.8 Å². The van der Waals surface area contributed by atoms with E-state index in [-0.39, 0.29) is 100 Å². The van der Waals surface area contributed by atoms with Crippen molar-refractivity contribution >= 4 is 108 Å². The molecule has 1 saturated heterocycles. The van der Waals surface area contributed by atoms with Crippen molar-refractivity contribution in [1.29, 1.82) is 0 Å². The molecule has 1 aliphatic heterocycles. The molecular formula is C58H87F3N14O25S3. The number of aromatic amines is 1. The van der Waals surface area contributed by atoms with Gasteiger partial charge in [-0.1, -0.05) is 6.07 Å². The second-order valence-electron chi connectivity index (χ2n) is 22.9. The molecule has 5 amide bonds. The van der Waals surface area contributed by atoms with Crippen molar-refractivity contribution in [2.24, 2.45) is 7.05 Å². The first-order valence-electron chi connectivity index (χ1n) is 31.0. The number of amides is 5. The molecule has 0 aliphatic carbocycles. The first-order chi connectivity index (χ1) is 47.9. The number of carboxylic acids is 5. The molecule has 0 spiro atoms. The maximum Gasteiger partial charge on any atom is 0.490 e. The van der Waals surface area contributed by atoms with Gasteiger partial charge in [0.1, 0.15) is 29.4 Å². The largest absolute Gasteiger partial charge is 0.494 e. The number of aliphatic carboxylic acids is 5. The van der Waals surface area contributed by atoms with E-state index in [0.717, 1.165) is 5.56 Å². The van der Waals surface area contributed by atoms with Crippen LogP contribution in [0.25, 0.3) is 10.9 Å². The zero-order valence-electron chi connectivity index (χ0n) is 56.4. The Kier molecular flexibility index (Phi) is 35.6. The van der Waals surface area contributed by atoms with Crippen LogP contribution in [0.4, 0.5) is 19.1 Å². The van der Waals surface area contributed by atoms with Crippen LogP contribution in [-0.4, -0.2) is 295 Å². The quantitative estimate of drug-likeness (QED) is 0.0270. The van der Waals surface area contributed by atoms with E-state index in [9.17, 15) is 117 Å². The summed E-state index contributed by atoms with van der Waals surface area (Å²) in [5.74, 6) is -12.9. The highest BCUT2D eigenvalue weighted by atomic mass is 32.3. The third kappa shape index (κ3) is 33.0. The number of hydrogen-bond donors (Lipinski definition) is 19. The van der Waals surface area contributed by atoms with Gasteiger partial charge in [0.05, 0.1) is 76.4 Å². The number of fused-ring (bicyclic) bond motifs is 1. The number of benzene rings is 2.